The number of H-pyrrole nitrogens is 1. The number of hydrogen-bond donors (Lipinski definition) is 1. The molecule has 1 heterocycles. The van der Waals surface area contributed by atoms with Gasteiger partial charge < -0.3 is 14.6 Å². The van der Waals surface area contributed by atoms with E-state index in [2.05, 4.69) is 4.98 Å². The van der Waals surface area contributed by atoms with Crippen LogP contribution >= 0.6 is 0 Å². The summed E-state index contributed by atoms with van der Waals surface area (Å²) in [5, 5.41) is 0. The lowest BCUT2D eigenvalue weighted by molar-refractivity contribution is 0.0376. The van der Waals surface area contributed by atoms with Crippen LogP contribution < -0.4 is 0 Å². The van der Waals surface area contributed by atoms with Crippen LogP contribution in [0.1, 0.15) is 51.5 Å². The number of ether oxygens (including phenoxy) is 1. The van der Waals surface area contributed by atoms with Gasteiger partial charge in [-0.25, -0.2) is 9.18 Å². The average molecular weight is 346 g/mol. The number of nitrogens with one attached hydrogen (secondary N) is 1. The Labute approximate surface area is 146 Å². The molecule has 0 atom stereocenters. The molecule has 0 fully saturated rings. The molecule has 0 unspecified atom stereocenters. The van der Waals surface area contributed by atoms with Crippen LogP contribution in [0.3, 0.4) is 0 Å². The number of rotatable bonds is 5. The Bertz CT molecular complexity index is 796. The van der Waals surface area contributed by atoms with E-state index in [0.717, 1.165) is 0 Å². The lowest BCUT2D eigenvalue weighted by Gasteiger charge is -2.17. The maximum Gasteiger partial charge on any atom is 0.340 e. The zero-order valence-electron chi connectivity index (χ0n) is 15.1. The molecule has 1 aromatic heterocycles. The van der Waals surface area contributed by atoms with Gasteiger partial charge in [0.25, 0.3) is 5.91 Å². The van der Waals surface area contributed by atoms with Gasteiger partial charge in [0, 0.05) is 19.3 Å². The third kappa shape index (κ3) is 4.26. The molecule has 0 spiro atoms. The molecule has 0 bridgehead atoms. The summed E-state index contributed by atoms with van der Waals surface area (Å²) < 4.78 is 18.5. The lowest BCUT2D eigenvalue weighted by atomic mass is 10.1. The summed E-state index contributed by atoms with van der Waals surface area (Å²) in [6, 6.07) is 6.11. The monoisotopic (exact) mass is 346 g/mol. The van der Waals surface area contributed by atoms with E-state index < -0.39 is 5.97 Å². The van der Waals surface area contributed by atoms with Crippen molar-refractivity contribution < 1.29 is 18.7 Å². The maximum absolute atomic E-state index is 13.3. The maximum atomic E-state index is 13.3. The molecule has 2 rings (SSSR count). The van der Waals surface area contributed by atoms with Crippen LogP contribution in [0.25, 0.3) is 0 Å². The number of carbonyl (C=O) groups excluding carboxylic acids is 2. The Morgan fingerprint density at radius 1 is 1.28 bits per heavy atom. The van der Waals surface area contributed by atoms with Crippen LogP contribution in [0.5, 0.6) is 0 Å². The fraction of sp³-hybridized carbons (Fsp3) is 0.368. The van der Waals surface area contributed by atoms with Crippen LogP contribution in [0.4, 0.5) is 4.39 Å². The van der Waals surface area contributed by atoms with Crippen molar-refractivity contribution >= 4 is 11.9 Å². The third-order valence-electron chi connectivity index (χ3n) is 3.85. The van der Waals surface area contributed by atoms with Gasteiger partial charge in [-0.15, -0.1) is 0 Å². The lowest BCUT2D eigenvalue weighted by Crippen LogP contribution is -2.27. The van der Waals surface area contributed by atoms with Gasteiger partial charge in [0.15, 0.2) is 0 Å². The van der Waals surface area contributed by atoms with E-state index in [9.17, 15) is 14.0 Å². The van der Waals surface area contributed by atoms with Gasteiger partial charge in [-0.2, -0.15) is 0 Å². The second-order valence-electron chi connectivity index (χ2n) is 6.37. The molecule has 0 aliphatic carbocycles. The molecular weight excluding hydrogens is 323 g/mol. The van der Waals surface area contributed by atoms with Gasteiger partial charge >= 0.3 is 5.97 Å². The number of esters is 1. The van der Waals surface area contributed by atoms with Crippen LogP contribution in [0.15, 0.2) is 24.3 Å². The van der Waals surface area contributed by atoms with Crippen LogP contribution in [-0.4, -0.2) is 34.9 Å². The highest BCUT2D eigenvalue weighted by atomic mass is 19.1. The van der Waals surface area contributed by atoms with Gasteiger partial charge in [-0.1, -0.05) is 12.1 Å². The van der Waals surface area contributed by atoms with Crippen LogP contribution in [-0.2, 0) is 11.3 Å². The van der Waals surface area contributed by atoms with Crippen LogP contribution in [0, 0.1) is 19.7 Å². The molecule has 0 saturated heterocycles. The molecule has 134 valence electrons. The summed E-state index contributed by atoms with van der Waals surface area (Å²) in [7, 11) is 1.63. The van der Waals surface area contributed by atoms with Crippen LogP contribution in [0.2, 0.25) is 0 Å². The van der Waals surface area contributed by atoms with Gasteiger partial charge in [-0.3, -0.25) is 4.79 Å². The number of nitrogens with zero attached hydrogens (tertiary/aromatic N) is 1. The van der Waals surface area contributed by atoms with Gasteiger partial charge in [0.2, 0.25) is 0 Å². The second-order valence-corrected chi connectivity index (χ2v) is 6.37. The smallest absolute Gasteiger partial charge is 0.340 e. The first kappa shape index (κ1) is 18.7. The Morgan fingerprint density at radius 2 is 1.96 bits per heavy atom. The normalized spacial score (nSPS) is 10.8. The molecule has 25 heavy (non-hydrogen) atoms. The molecule has 1 N–H and O–H groups in total. The minimum Gasteiger partial charge on any atom is -0.459 e. The summed E-state index contributed by atoms with van der Waals surface area (Å²) in [4.78, 5) is 29.4. The number of aromatic nitrogens is 1. The first-order valence-electron chi connectivity index (χ1n) is 8.10. The van der Waals surface area contributed by atoms with E-state index in [-0.39, 0.29) is 24.4 Å². The largest absolute Gasteiger partial charge is 0.459 e. The van der Waals surface area contributed by atoms with Crippen molar-refractivity contribution in [2.24, 2.45) is 0 Å². The minimum atomic E-state index is -0.451. The SMILES string of the molecule is Cc1[nH]c(C(=O)N(C)Cc2cccc(F)c2)c(C)c1C(=O)OC(C)C. The topological polar surface area (TPSA) is 62.4 Å². The van der Waals surface area contributed by atoms with E-state index in [1.807, 2.05) is 0 Å². The molecular formula is C19H23FN2O3. The highest BCUT2D eigenvalue weighted by molar-refractivity contribution is 6.00. The molecule has 0 saturated carbocycles. The van der Waals surface area contributed by atoms with Gasteiger partial charge in [-0.05, 0) is 51.0 Å². The molecule has 6 heteroatoms. The Balaban J connectivity index is 2.23. The quantitative estimate of drug-likeness (QED) is 0.841. The van der Waals surface area contributed by atoms with E-state index >= 15 is 0 Å². The summed E-state index contributed by atoms with van der Waals surface area (Å²) in [5.74, 6) is -1.06. The van der Waals surface area contributed by atoms with E-state index in [1.165, 1.54) is 17.0 Å². The predicted octanol–water partition coefficient (Wildman–Crippen LogP) is 3.61. The molecule has 2 aromatic rings. The highest BCUT2D eigenvalue weighted by Crippen LogP contribution is 2.21. The first-order valence-corrected chi connectivity index (χ1v) is 8.10. The Hall–Kier alpha value is -2.63. The third-order valence-corrected chi connectivity index (χ3v) is 3.85. The first-order chi connectivity index (χ1) is 11.7. The zero-order valence-corrected chi connectivity index (χ0v) is 15.1. The van der Waals surface area contributed by atoms with Crippen molar-refractivity contribution in [2.45, 2.75) is 40.3 Å². The van der Waals surface area contributed by atoms with Gasteiger partial charge in [0.05, 0.1) is 11.7 Å². The van der Waals surface area contributed by atoms with E-state index in [4.69, 9.17) is 4.74 Å². The number of amides is 1. The molecule has 0 aliphatic heterocycles. The van der Waals surface area contributed by atoms with Gasteiger partial charge in [0.1, 0.15) is 11.5 Å². The molecule has 0 aliphatic rings. The van der Waals surface area contributed by atoms with E-state index in [1.54, 1.807) is 46.9 Å². The number of halogens is 1. The van der Waals surface area contributed by atoms with Crippen molar-refractivity contribution in [1.82, 2.24) is 9.88 Å². The van der Waals surface area contributed by atoms with Crippen molar-refractivity contribution in [2.75, 3.05) is 7.05 Å². The number of aromatic amines is 1. The highest BCUT2D eigenvalue weighted by Gasteiger charge is 2.25. The number of hydrogen-bond acceptors (Lipinski definition) is 3. The van der Waals surface area contributed by atoms with Crippen molar-refractivity contribution in [1.29, 1.82) is 0 Å². The molecule has 0 radical (unpaired) electrons. The Kier molecular flexibility index (Phi) is 5.62. The minimum absolute atomic E-state index is 0.240. The van der Waals surface area contributed by atoms with E-state index in [0.29, 0.717) is 28.1 Å². The molecule has 1 amide bonds. The predicted molar refractivity (Wildman–Crippen MR) is 93.0 cm³/mol. The van der Waals surface area contributed by atoms with Crippen molar-refractivity contribution in [3.8, 4) is 0 Å². The summed E-state index contributed by atoms with van der Waals surface area (Å²) >= 11 is 0. The summed E-state index contributed by atoms with van der Waals surface area (Å²) in [6.07, 6.45) is -0.240. The number of aryl methyl sites for hydroxylation is 1. The fourth-order valence-electron chi connectivity index (χ4n) is 2.71. The van der Waals surface area contributed by atoms with Crippen molar-refractivity contribution in [3.63, 3.8) is 0 Å². The summed E-state index contributed by atoms with van der Waals surface area (Å²) in [6.45, 7) is 7.25. The number of carbonyl (C=O) groups is 2. The average Bonchev–Trinajstić information content (AvgIpc) is 2.80. The fourth-order valence-corrected chi connectivity index (χ4v) is 2.71. The standard InChI is InChI=1S/C19H23FN2O3/c1-11(2)25-19(24)16-12(3)17(21-13(16)4)18(23)22(5)10-14-7-6-8-15(20)9-14/h6-9,11,21H,10H2,1-5H3. The Morgan fingerprint density at radius 3 is 2.56 bits per heavy atom. The molecule has 5 nitrogen and oxygen atoms in total. The zero-order chi connectivity index (χ0) is 18.7. The van der Waals surface area contributed by atoms with Crippen molar-refractivity contribution in [3.05, 3.63) is 58.2 Å². The molecule has 1 aromatic carbocycles. The second kappa shape index (κ2) is 7.51. The summed E-state index contributed by atoms with van der Waals surface area (Å²) in [5.41, 5.74) is 2.56. The number of benzene rings is 1.